The fraction of sp³-hybridized carbons (Fsp3) is 0.351. The zero-order chi connectivity index (χ0) is 33.7. The Bertz CT molecular complexity index is 1800. The number of nitrogens with zero attached hydrogens (tertiary/aromatic N) is 2. The molecule has 0 atom stereocenters. The highest BCUT2D eigenvalue weighted by atomic mass is 16.5. The minimum atomic E-state index is -1.07. The van der Waals surface area contributed by atoms with Crippen molar-refractivity contribution < 1.29 is 28.6 Å². The molecule has 3 N–H and O–H groups in total. The fourth-order valence-electron chi connectivity index (χ4n) is 5.96. The van der Waals surface area contributed by atoms with E-state index in [-0.39, 0.29) is 17.7 Å². The van der Waals surface area contributed by atoms with Crippen LogP contribution in [0.2, 0.25) is 0 Å². The quantitative estimate of drug-likeness (QED) is 0.170. The molecule has 1 saturated carbocycles. The van der Waals surface area contributed by atoms with E-state index >= 15 is 0 Å². The first-order chi connectivity index (χ1) is 23.3. The molecule has 0 radical (unpaired) electrons. The number of pyridine rings is 1. The summed E-state index contributed by atoms with van der Waals surface area (Å²) in [6.07, 6.45) is 4.60. The second kappa shape index (κ2) is 14.3. The van der Waals surface area contributed by atoms with Gasteiger partial charge in [0.25, 0.3) is 0 Å². The number of benzene rings is 3. The summed E-state index contributed by atoms with van der Waals surface area (Å²) in [5.74, 6) is 2.21. The lowest BCUT2D eigenvalue weighted by molar-refractivity contribution is -0.131. The first-order valence-electron chi connectivity index (χ1n) is 16.3. The van der Waals surface area contributed by atoms with Crippen LogP contribution in [0.5, 0.6) is 23.0 Å². The third kappa shape index (κ3) is 7.36. The van der Waals surface area contributed by atoms with Crippen molar-refractivity contribution in [3.05, 3.63) is 78.5 Å². The molecule has 2 fully saturated rings. The van der Waals surface area contributed by atoms with Crippen molar-refractivity contribution in [1.29, 1.82) is 0 Å². The van der Waals surface area contributed by atoms with Crippen LogP contribution in [0.15, 0.2) is 72.9 Å². The summed E-state index contributed by atoms with van der Waals surface area (Å²) in [4.78, 5) is 44.6. The molecule has 11 nitrogen and oxygen atoms in total. The maximum Gasteiger partial charge on any atom is 0.240 e. The molecule has 1 aliphatic heterocycles. The third-order valence-corrected chi connectivity index (χ3v) is 9.12. The standard InChI is InChI=1S/C37H41N5O6/c1-24-19-27(41-36(45)37(14-15-37)35(44)40-26-7-5-4-6-8-26)9-10-30(24)48-31-11-16-39-29-21-33(32(46-3)20-28(29)31)47-23-25-12-17-42(18-13-25)22-34(43)38-2/h4-11,16,19-21,25H,12-15,17-18,22-23H2,1-3H3,(H,38,43)(H,40,44)(H,41,45). The van der Waals surface area contributed by atoms with E-state index in [0.717, 1.165) is 36.9 Å². The number of aryl methyl sites for hydroxylation is 1. The highest BCUT2D eigenvalue weighted by Gasteiger charge is 2.56. The number of methoxy groups -OCH3 is 1. The molecule has 1 saturated heterocycles. The molecule has 0 spiro atoms. The topological polar surface area (TPSA) is 131 Å². The Morgan fingerprint density at radius 2 is 1.60 bits per heavy atom. The van der Waals surface area contributed by atoms with Gasteiger partial charge in [0.05, 0.1) is 25.8 Å². The predicted octanol–water partition coefficient (Wildman–Crippen LogP) is 5.54. The molecule has 6 rings (SSSR count). The van der Waals surface area contributed by atoms with Gasteiger partial charge in [0.15, 0.2) is 11.5 Å². The maximum absolute atomic E-state index is 13.2. The molecule has 0 unspecified atom stereocenters. The van der Waals surface area contributed by atoms with Gasteiger partial charge in [0.2, 0.25) is 17.7 Å². The molecule has 11 heteroatoms. The molecule has 48 heavy (non-hydrogen) atoms. The van der Waals surface area contributed by atoms with E-state index in [2.05, 4.69) is 25.8 Å². The summed E-state index contributed by atoms with van der Waals surface area (Å²) in [7, 11) is 3.27. The Labute approximate surface area is 280 Å². The van der Waals surface area contributed by atoms with Gasteiger partial charge in [-0.25, -0.2) is 0 Å². The number of amides is 3. The summed E-state index contributed by atoms with van der Waals surface area (Å²) in [5.41, 5.74) is 1.70. The molecule has 250 valence electrons. The molecule has 1 aromatic heterocycles. The van der Waals surface area contributed by atoms with E-state index in [1.165, 1.54) is 0 Å². The summed E-state index contributed by atoms with van der Waals surface area (Å²) in [6, 6.07) is 20.1. The average Bonchev–Trinajstić information content (AvgIpc) is 3.92. The van der Waals surface area contributed by atoms with Crippen molar-refractivity contribution >= 4 is 40.0 Å². The lowest BCUT2D eigenvalue weighted by Gasteiger charge is -2.31. The van der Waals surface area contributed by atoms with Gasteiger partial charge in [0, 0.05) is 36.1 Å². The Morgan fingerprint density at radius 3 is 2.27 bits per heavy atom. The van der Waals surface area contributed by atoms with Crippen LogP contribution in [-0.2, 0) is 14.4 Å². The average molecular weight is 652 g/mol. The molecule has 4 aromatic rings. The Hall–Kier alpha value is -5.16. The van der Waals surface area contributed by atoms with Crippen LogP contribution >= 0.6 is 0 Å². The number of likely N-dealkylation sites (tertiary alicyclic amines) is 1. The third-order valence-electron chi connectivity index (χ3n) is 9.12. The highest BCUT2D eigenvalue weighted by molar-refractivity contribution is 6.17. The Morgan fingerprint density at radius 1 is 0.875 bits per heavy atom. The summed E-state index contributed by atoms with van der Waals surface area (Å²) >= 11 is 0. The number of carbonyl (C=O) groups excluding carboxylic acids is 3. The normalized spacial score (nSPS) is 15.7. The van der Waals surface area contributed by atoms with Gasteiger partial charge in [-0.2, -0.15) is 0 Å². The van der Waals surface area contributed by atoms with Crippen molar-refractivity contribution in [3.63, 3.8) is 0 Å². The van der Waals surface area contributed by atoms with E-state index < -0.39 is 5.41 Å². The van der Waals surface area contributed by atoms with E-state index in [1.54, 1.807) is 50.7 Å². The van der Waals surface area contributed by atoms with Gasteiger partial charge in [-0.05, 0) is 99.6 Å². The van der Waals surface area contributed by atoms with Gasteiger partial charge >= 0.3 is 0 Å². The highest BCUT2D eigenvalue weighted by Crippen LogP contribution is 2.48. The van der Waals surface area contributed by atoms with E-state index in [1.807, 2.05) is 43.3 Å². The van der Waals surface area contributed by atoms with Crippen LogP contribution < -0.4 is 30.2 Å². The molecule has 3 aromatic carbocycles. The molecule has 2 heterocycles. The second-order valence-corrected chi connectivity index (χ2v) is 12.5. The van der Waals surface area contributed by atoms with Crippen LogP contribution in [0.3, 0.4) is 0 Å². The first-order valence-corrected chi connectivity index (χ1v) is 16.3. The van der Waals surface area contributed by atoms with E-state index in [4.69, 9.17) is 14.2 Å². The number of hydrogen-bond donors (Lipinski definition) is 3. The first kappa shape index (κ1) is 32.8. The van der Waals surface area contributed by atoms with Gasteiger partial charge in [-0.15, -0.1) is 0 Å². The number of anilines is 2. The number of hydrogen-bond acceptors (Lipinski definition) is 8. The molecule has 2 aliphatic rings. The number of likely N-dealkylation sites (N-methyl/N-ethyl adjacent to an activating group) is 1. The van der Waals surface area contributed by atoms with Gasteiger partial charge in [0.1, 0.15) is 16.9 Å². The molecule has 0 bridgehead atoms. The van der Waals surface area contributed by atoms with Crippen LogP contribution in [0.1, 0.15) is 31.2 Å². The molecular formula is C37H41N5O6. The number of piperidine rings is 1. The summed E-state index contributed by atoms with van der Waals surface area (Å²) in [5, 5.41) is 9.24. The zero-order valence-electron chi connectivity index (χ0n) is 27.5. The molecule has 3 amide bonds. The van der Waals surface area contributed by atoms with Crippen molar-refractivity contribution in [1.82, 2.24) is 15.2 Å². The number of rotatable bonds is 12. The van der Waals surface area contributed by atoms with Gasteiger partial charge in [-0.1, -0.05) is 18.2 Å². The van der Waals surface area contributed by atoms with Crippen LogP contribution in [0, 0.1) is 18.3 Å². The van der Waals surface area contributed by atoms with Crippen molar-refractivity contribution in [2.75, 3.05) is 51.0 Å². The Kier molecular flexibility index (Phi) is 9.77. The number of fused-ring (bicyclic) bond motifs is 1. The monoisotopic (exact) mass is 651 g/mol. The lowest BCUT2D eigenvalue weighted by Crippen LogP contribution is -2.41. The minimum Gasteiger partial charge on any atom is -0.493 e. The van der Waals surface area contributed by atoms with Crippen LogP contribution in [0.25, 0.3) is 10.9 Å². The number of para-hydroxylation sites is 1. The van der Waals surface area contributed by atoms with Crippen molar-refractivity contribution in [2.24, 2.45) is 11.3 Å². The molecular weight excluding hydrogens is 610 g/mol. The number of ether oxygens (including phenoxy) is 3. The van der Waals surface area contributed by atoms with Crippen molar-refractivity contribution in [3.8, 4) is 23.0 Å². The van der Waals surface area contributed by atoms with Gasteiger partial charge < -0.3 is 30.2 Å². The number of nitrogens with one attached hydrogen (secondary N) is 3. The smallest absolute Gasteiger partial charge is 0.240 e. The van der Waals surface area contributed by atoms with E-state index in [0.29, 0.717) is 71.8 Å². The molecule has 1 aliphatic carbocycles. The van der Waals surface area contributed by atoms with Gasteiger partial charge in [-0.3, -0.25) is 24.3 Å². The summed E-state index contributed by atoms with van der Waals surface area (Å²) in [6.45, 7) is 4.59. The minimum absolute atomic E-state index is 0.0332. The predicted molar refractivity (Wildman–Crippen MR) is 184 cm³/mol. The largest absolute Gasteiger partial charge is 0.493 e. The Balaban J connectivity index is 1.10. The lowest BCUT2D eigenvalue weighted by atomic mass is 9.98. The maximum atomic E-state index is 13.2. The summed E-state index contributed by atoms with van der Waals surface area (Å²) < 4.78 is 18.3. The van der Waals surface area contributed by atoms with Crippen LogP contribution in [-0.4, -0.2) is 68.0 Å². The number of aromatic nitrogens is 1. The SMILES string of the molecule is CNC(=O)CN1CCC(COc2cc3nccc(Oc4ccc(NC(=O)C5(C(=O)Nc6ccccc6)CC5)cc4C)c3cc2OC)CC1. The second-order valence-electron chi connectivity index (χ2n) is 12.5. The van der Waals surface area contributed by atoms with Crippen LogP contribution in [0.4, 0.5) is 11.4 Å². The number of carbonyl (C=O) groups is 3. The fourth-order valence-corrected chi connectivity index (χ4v) is 5.96. The van der Waals surface area contributed by atoms with E-state index in [9.17, 15) is 14.4 Å². The van der Waals surface area contributed by atoms with Crippen molar-refractivity contribution in [2.45, 2.75) is 32.6 Å². The zero-order valence-corrected chi connectivity index (χ0v) is 27.5.